The topological polar surface area (TPSA) is 214 Å². The second-order valence-electron chi connectivity index (χ2n) is 12.4. The Balaban J connectivity index is 2.27. The number of hydrogen-bond donors (Lipinski definition) is 9. The lowest BCUT2D eigenvalue weighted by Crippen LogP contribution is -2.61. The Hall–Kier alpha value is -2.61. The van der Waals surface area contributed by atoms with Crippen LogP contribution in [-0.2, 0) is 20.8 Å². The van der Waals surface area contributed by atoms with Gasteiger partial charge in [0.05, 0.1) is 18.2 Å². The van der Waals surface area contributed by atoms with Crippen molar-refractivity contribution < 1.29 is 39.9 Å². The molecule has 1 aromatic carbocycles. The summed E-state index contributed by atoms with van der Waals surface area (Å²) in [5, 5.41) is 59.3. The molecule has 250 valence electrons. The summed E-state index contributed by atoms with van der Waals surface area (Å²) >= 11 is 0. The normalized spacial score (nSPS) is 20.2. The molecule has 3 amide bonds. The molecule has 44 heavy (non-hydrogen) atoms. The lowest BCUT2D eigenvalue weighted by atomic mass is 9.82. The van der Waals surface area contributed by atoms with Crippen molar-refractivity contribution in [2.75, 3.05) is 6.61 Å². The molecule has 0 spiro atoms. The van der Waals surface area contributed by atoms with E-state index < -0.39 is 72.4 Å². The quantitative estimate of drug-likeness (QED) is 0.108. The first-order valence-corrected chi connectivity index (χ1v) is 15.9. The van der Waals surface area contributed by atoms with Crippen LogP contribution in [0.15, 0.2) is 30.3 Å². The van der Waals surface area contributed by atoms with Gasteiger partial charge in [0.2, 0.25) is 17.7 Å². The number of carbonyl (C=O) groups excluding carboxylic acids is 3. The summed E-state index contributed by atoms with van der Waals surface area (Å²) in [6.07, 6.45) is -0.561. The molecule has 12 heteroatoms. The van der Waals surface area contributed by atoms with Gasteiger partial charge in [-0.25, -0.2) is 0 Å². The standard InChI is InChI=1S/C32H54N4O8/c1-4-12-22(34-30(43)24(18-21-15-10-7-11-16-21)36-31(44)32(3,33)5-2)29(42)35-23(17-20-13-8-6-9-14-20)26(39)28(41)27(40)25(38)19-37/h7,10-11,15-16,20,22-28,37-41H,4-6,8-9,12-14,17-19,33H2,1-3H3,(H,34,43)(H,35,42)(H,36,44)/t22-,23-,24-,25+,26+,27+,28+,32-/m0/s1. The number of benzene rings is 1. The van der Waals surface area contributed by atoms with Crippen molar-refractivity contribution in [1.29, 1.82) is 0 Å². The van der Waals surface area contributed by atoms with Gasteiger partial charge in [-0.2, -0.15) is 0 Å². The minimum absolute atomic E-state index is 0.157. The van der Waals surface area contributed by atoms with Gasteiger partial charge >= 0.3 is 0 Å². The van der Waals surface area contributed by atoms with Crippen molar-refractivity contribution in [2.45, 2.75) is 133 Å². The average Bonchev–Trinajstić information content (AvgIpc) is 3.03. The number of nitrogens with two attached hydrogens (primary N) is 1. The number of aliphatic hydroxyl groups excluding tert-OH is 5. The van der Waals surface area contributed by atoms with E-state index in [0.29, 0.717) is 19.3 Å². The fourth-order valence-electron chi connectivity index (χ4n) is 5.50. The summed E-state index contributed by atoms with van der Waals surface area (Å²) < 4.78 is 0. The Morgan fingerprint density at radius 3 is 2.07 bits per heavy atom. The summed E-state index contributed by atoms with van der Waals surface area (Å²) in [4.78, 5) is 40.2. The first-order chi connectivity index (χ1) is 20.8. The first-order valence-electron chi connectivity index (χ1n) is 15.9. The highest BCUT2D eigenvalue weighted by atomic mass is 16.4. The van der Waals surface area contributed by atoms with E-state index in [4.69, 9.17) is 5.73 Å². The van der Waals surface area contributed by atoms with E-state index in [0.717, 1.165) is 37.7 Å². The van der Waals surface area contributed by atoms with E-state index in [1.54, 1.807) is 13.8 Å². The third-order valence-electron chi connectivity index (χ3n) is 8.70. The smallest absolute Gasteiger partial charge is 0.243 e. The van der Waals surface area contributed by atoms with Crippen LogP contribution in [0.1, 0.15) is 84.1 Å². The van der Waals surface area contributed by atoms with Crippen LogP contribution < -0.4 is 21.7 Å². The summed E-state index contributed by atoms with van der Waals surface area (Å²) in [6, 6.07) is 6.09. The Bertz CT molecular complexity index is 1020. The van der Waals surface area contributed by atoms with E-state index in [1.807, 2.05) is 37.3 Å². The molecule has 1 aliphatic rings. The van der Waals surface area contributed by atoms with Crippen LogP contribution >= 0.6 is 0 Å². The third-order valence-corrected chi connectivity index (χ3v) is 8.70. The van der Waals surface area contributed by atoms with Crippen LogP contribution in [0.5, 0.6) is 0 Å². The Labute approximate surface area is 260 Å². The first kappa shape index (κ1) is 37.6. The highest BCUT2D eigenvalue weighted by Crippen LogP contribution is 2.29. The van der Waals surface area contributed by atoms with E-state index in [9.17, 15) is 39.9 Å². The monoisotopic (exact) mass is 622 g/mol. The largest absolute Gasteiger partial charge is 0.394 e. The van der Waals surface area contributed by atoms with E-state index in [2.05, 4.69) is 16.0 Å². The molecule has 0 saturated heterocycles. The van der Waals surface area contributed by atoms with Crippen LogP contribution in [0.3, 0.4) is 0 Å². The van der Waals surface area contributed by atoms with Crippen molar-refractivity contribution in [1.82, 2.24) is 16.0 Å². The van der Waals surface area contributed by atoms with Crippen molar-refractivity contribution in [2.24, 2.45) is 11.7 Å². The van der Waals surface area contributed by atoms with Gasteiger partial charge in [-0.3, -0.25) is 14.4 Å². The van der Waals surface area contributed by atoms with Crippen molar-refractivity contribution >= 4 is 17.7 Å². The second-order valence-corrected chi connectivity index (χ2v) is 12.4. The molecule has 0 unspecified atom stereocenters. The zero-order chi connectivity index (χ0) is 32.9. The van der Waals surface area contributed by atoms with E-state index in [-0.39, 0.29) is 18.8 Å². The highest BCUT2D eigenvalue weighted by Gasteiger charge is 2.38. The number of rotatable bonds is 18. The predicted octanol–water partition coefficient (Wildman–Crippen LogP) is 0.0173. The number of hydrogen-bond acceptors (Lipinski definition) is 9. The van der Waals surface area contributed by atoms with Crippen LogP contribution in [0.2, 0.25) is 0 Å². The molecule has 2 rings (SSSR count). The Morgan fingerprint density at radius 2 is 1.50 bits per heavy atom. The van der Waals surface area contributed by atoms with Crippen LogP contribution in [0.4, 0.5) is 0 Å². The fraction of sp³-hybridized carbons (Fsp3) is 0.719. The zero-order valence-corrected chi connectivity index (χ0v) is 26.3. The molecule has 1 aromatic rings. The molecule has 0 aromatic heterocycles. The van der Waals surface area contributed by atoms with Gasteiger partial charge in [-0.1, -0.05) is 82.7 Å². The maximum atomic E-state index is 13.6. The Morgan fingerprint density at radius 1 is 0.886 bits per heavy atom. The highest BCUT2D eigenvalue weighted by molar-refractivity contribution is 5.94. The summed E-state index contributed by atoms with van der Waals surface area (Å²) in [6.45, 7) is 4.38. The number of aliphatic hydroxyl groups is 5. The second kappa shape index (κ2) is 18.4. The maximum absolute atomic E-state index is 13.6. The van der Waals surface area contributed by atoms with Crippen LogP contribution in [0.25, 0.3) is 0 Å². The molecule has 1 aliphatic carbocycles. The molecule has 1 fully saturated rings. The van der Waals surface area contributed by atoms with Gasteiger partial charge in [0.15, 0.2) is 0 Å². The van der Waals surface area contributed by atoms with Crippen LogP contribution in [-0.4, -0.2) is 97.9 Å². The molecule has 12 nitrogen and oxygen atoms in total. The van der Waals surface area contributed by atoms with E-state index >= 15 is 0 Å². The molecule has 0 bridgehead atoms. The van der Waals surface area contributed by atoms with Crippen molar-refractivity contribution in [3.63, 3.8) is 0 Å². The summed E-state index contributed by atoms with van der Waals surface area (Å²) in [7, 11) is 0. The lowest BCUT2D eigenvalue weighted by Gasteiger charge is -2.35. The molecule has 0 radical (unpaired) electrons. The van der Waals surface area contributed by atoms with Gasteiger partial charge in [0.25, 0.3) is 0 Å². The molecular weight excluding hydrogens is 568 g/mol. The predicted molar refractivity (Wildman–Crippen MR) is 166 cm³/mol. The summed E-state index contributed by atoms with van der Waals surface area (Å²) in [5.74, 6) is -1.51. The minimum atomic E-state index is -1.85. The van der Waals surface area contributed by atoms with Gasteiger partial charge in [-0.15, -0.1) is 0 Å². The van der Waals surface area contributed by atoms with Gasteiger partial charge in [0.1, 0.15) is 36.5 Å². The SMILES string of the molecule is CCC[C@H](NC(=O)[C@H](Cc1ccccc1)NC(=O)[C@@](C)(N)CC)C(=O)N[C@@H](CC1CCCCC1)[C@@H](O)[C@@H](O)[C@H](O)[C@H](O)CO. The zero-order valence-electron chi connectivity index (χ0n) is 26.3. The van der Waals surface area contributed by atoms with Gasteiger partial charge < -0.3 is 47.2 Å². The van der Waals surface area contributed by atoms with Crippen LogP contribution in [0, 0.1) is 5.92 Å². The summed E-state index contributed by atoms with van der Waals surface area (Å²) in [5.41, 5.74) is 5.73. The minimum Gasteiger partial charge on any atom is -0.394 e. The molecule has 10 N–H and O–H groups in total. The molecule has 8 atom stereocenters. The number of amides is 3. The number of carbonyl (C=O) groups is 3. The van der Waals surface area contributed by atoms with Crippen molar-refractivity contribution in [3.8, 4) is 0 Å². The van der Waals surface area contributed by atoms with Crippen molar-refractivity contribution in [3.05, 3.63) is 35.9 Å². The third kappa shape index (κ3) is 11.4. The van der Waals surface area contributed by atoms with Gasteiger partial charge in [0, 0.05) is 6.42 Å². The Kier molecular flexibility index (Phi) is 15.7. The molecular formula is C32H54N4O8. The molecule has 0 aliphatic heterocycles. The fourth-order valence-corrected chi connectivity index (χ4v) is 5.50. The maximum Gasteiger partial charge on any atom is 0.243 e. The van der Waals surface area contributed by atoms with Gasteiger partial charge in [-0.05, 0) is 37.7 Å². The molecule has 1 saturated carbocycles. The average molecular weight is 623 g/mol. The lowest BCUT2D eigenvalue weighted by molar-refractivity contribution is -0.137. The van der Waals surface area contributed by atoms with E-state index in [1.165, 1.54) is 0 Å². The number of nitrogens with one attached hydrogen (secondary N) is 3. The molecule has 0 heterocycles.